The summed E-state index contributed by atoms with van der Waals surface area (Å²) in [5.41, 5.74) is 0.814. The van der Waals surface area contributed by atoms with E-state index in [1.807, 2.05) is 30.3 Å². The Hall–Kier alpha value is -0.510. The van der Waals surface area contributed by atoms with Crippen molar-refractivity contribution in [3.63, 3.8) is 0 Å². The van der Waals surface area contributed by atoms with E-state index >= 15 is 0 Å². The number of thioether (sulfide) groups is 1. The van der Waals surface area contributed by atoms with E-state index in [-0.39, 0.29) is 17.5 Å². The molecule has 0 spiro atoms. The van der Waals surface area contributed by atoms with Crippen LogP contribution >= 0.6 is 24.2 Å². The van der Waals surface area contributed by atoms with Crippen molar-refractivity contribution in [2.24, 2.45) is 0 Å². The molecule has 2 nitrogen and oxygen atoms in total. The summed E-state index contributed by atoms with van der Waals surface area (Å²) in [7, 11) is 0. The van der Waals surface area contributed by atoms with E-state index in [1.165, 1.54) is 37.6 Å². The van der Waals surface area contributed by atoms with Crippen LogP contribution in [0, 0.1) is 0 Å². The Balaban J connectivity index is 0.00000180. The van der Waals surface area contributed by atoms with Crippen LogP contribution in [0.15, 0.2) is 30.3 Å². The molecule has 0 amide bonds. The van der Waals surface area contributed by atoms with Crippen molar-refractivity contribution in [1.82, 2.24) is 4.90 Å². The van der Waals surface area contributed by atoms with Crippen molar-refractivity contribution in [2.45, 2.75) is 32.2 Å². The van der Waals surface area contributed by atoms with Crippen molar-refractivity contribution in [3.05, 3.63) is 35.9 Å². The van der Waals surface area contributed by atoms with Crippen LogP contribution < -0.4 is 0 Å². The Morgan fingerprint density at radius 1 is 1.32 bits per heavy atom. The summed E-state index contributed by atoms with van der Waals surface area (Å²) in [6.45, 7) is 4.52. The highest BCUT2D eigenvalue weighted by Gasteiger charge is 2.17. The Bertz CT molecular complexity index is 385. The molecule has 1 unspecified atom stereocenters. The van der Waals surface area contributed by atoms with Gasteiger partial charge in [-0.2, -0.15) is 0 Å². The number of likely N-dealkylation sites (tertiary alicyclic amines) is 1. The van der Waals surface area contributed by atoms with Gasteiger partial charge in [-0.25, -0.2) is 0 Å². The molecule has 19 heavy (non-hydrogen) atoms. The Kier molecular flexibility index (Phi) is 7.51. The van der Waals surface area contributed by atoms with Gasteiger partial charge in [0, 0.05) is 23.9 Å². The molecular weight excluding hydrogens is 278 g/mol. The van der Waals surface area contributed by atoms with E-state index < -0.39 is 0 Å². The van der Waals surface area contributed by atoms with Crippen LogP contribution in [-0.4, -0.2) is 34.9 Å². The maximum atomic E-state index is 11.9. The summed E-state index contributed by atoms with van der Waals surface area (Å²) in [6.07, 6.45) is 3.96. The van der Waals surface area contributed by atoms with Gasteiger partial charge in [0.2, 0.25) is 5.12 Å². The Morgan fingerprint density at radius 2 is 2.05 bits per heavy atom. The fraction of sp³-hybridized carbons (Fsp3) is 0.533. The first-order valence-corrected chi connectivity index (χ1v) is 7.72. The molecule has 106 valence electrons. The highest BCUT2D eigenvalue weighted by atomic mass is 35.5. The number of hydrogen-bond acceptors (Lipinski definition) is 3. The normalized spacial score (nSPS) is 19.7. The molecule has 1 aromatic rings. The van der Waals surface area contributed by atoms with Gasteiger partial charge < -0.3 is 0 Å². The van der Waals surface area contributed by atoms with Crippen LogP contribution in [0.1, 0.15) is 36.5 Å². The number of carbonyl (C=O) groups is 1. The Labute approximate surface area is 126 Å². The number of piperidine rings is 1. The number of benzene rings is 1. The summed E-state index contributed by atoms with van der Waals surface area (Å²) in [5.74, 6) is 0.901. The molecule has 1 saturated heterocycles. The molecule has 0 bridgehead atoms. The van der Waals surface area contributed by atoms with Crippen molar-refractivity contribution < 1.29 is 4.79 Å². The van der Waals surface area contributed by atoms with Crippen LogP contribution in [0.2, 0.25) is 0 Å². The van der Waals surface area contributed by atoms with Gasteiger partial charge in [0.25, 0.3) is 0 Å². The minimum atomic E-state index is 0. The van der Waals surface area contributed by atoms with E-state index in [1.54, 1.807) is 0 Å². The minimum absolute atomic E-state index is 0. The zero-order valence-corrected chi connectivity index (χ0v) is 13.0. The summed E-state index contributed by atoms with van der Waals surface area (Å²) in [5, 5.41) is 0.195. The second-order valence-electron chi connectivity index (χ2n) is 4.88. The first kappa shape index (κ1) is 16.5. The predicted molar refractivity (Wildman–Crippen MR) is 85.4 cm³/mol. The standard InChI is InChI=1S/C15H21NOS.ClH/c1-13-7-5-6-10-16(13)11-12-18-15(17)14-8-3-2-4-9-14;/h2-4,8-9,13H,5-7,10-12H2,1H3;1H. The first-order valence-electron chi connectivity index (χ1n) is 6.73. The topological polar surface area (TPSA) is 20.3 Å². The molecule has 0 aliphatic carbocycles. The monoisotopic (exact) mass is 299 g/mol. The van der Waals surface area contributed by atoms with Crippen LogP contribution in [-0.2, 0) is 0 Å². The molecule has 1 fully saturated rings. The van der Waals surface area contributed by atoms with Crippen LogP contribution in [0.3, 0.4) is 0 Å². The summed E-state index contributed by atoms with van der Waals surface area (Å²) in [6, 6.07) is 10.2. The van der Waals surface area contributed by atoms with Gasteiger partial charge in [-0.1, -0.05) is 48.5 Å². The van der Waals surface area contributed by atoms with Gasteiger partial charge in [0.15, 0.2) is 0 Å². The molecule has 1 aromatic carbocycles. The van der Waals surface area contributed by atoms with Gasteiger partial charge in [0.1, 0.15) is 0 Å². The van der Waals surface area contributed by atoms with Crippen LogP contribution in [0.25, 0.3) is 0 Å². The summed E-state index contributed by atoms with van der Waals surface area (Å²) >= 11 is 1.44. The second kappa shape index (κ2) is 8.62. The van der Waals surface area contributed by atoms with Gasteiger partial charge in [0.05, 0.1) is 0 Å². The molecule has 1 heterocycles. The number of hydrogen-bond donors (Lipinski definition) is 0. The lowest BCUT2D eigenvalue weighted by Gasteiger charge is -2.33. The quantitative estimate of drug-likeness (QED) is 0.842. The van der Waals surface area contributed by atoms with Crippen molar-refractivity contribution in [2.75, 3.05) is 18.8 Å². The minimum Gasteiger partial charge on any atom is -0.300 e. The molecular formula is C15H22ClNOS. The molecule has 4 heteroatoms. The maximum Gasteiger partial charge on any atom is 0.219 e. The third-order valence-electron chi connectivity index (χ3n) is 3.56. The zero-order valence-electron chi connectivity index (χ0n) is 11.4. The molecule has 0 radical (unpaired) electrons. The lowest BCUT2D eigenvalue weighted by atomic mass is 10.0. The van der Waals surface area contributed by atoms with Crippen LogP contribution in [0.5, 0.6) is 0 Å². The SMILES string of the molecule is CC1CCCCN1CCSC(=O)c1ccccc1.Cl. The van der Waals surface area contributed by atoms with Gasteiger partial charge in [-0.3, -0.25) is 9.69 Å². The highest BCUT2D eigenvalue weighted by molar-refractivity contribution is 8.14. The molecule has 0 aromatic heterocycles. The highest BCUT2D eigenvalue weighted by Crippen LogP contribution is 2.18. The number of halogens is 1. The van der Waals surface area contributed by atoms with Gasteiger partial charge >= 0.3 is 0 Å². The molecule has 0 saturated carbocycles. The number of carbonyl (C=O) groups excluding carboxylic acids is 1. The van der Waals surface area contributed by atoms with E-state index in [0.29, 0.717) is 6.04 Å². The van der Waals surface area contributed by atoms with Gasteiger partial charge in [-0.05, 0) is 26.3 Å². The van der Waals surface area contributed by atoms with E-state index in [9.17, 15) is 4.79 Å². The van der Waals surface area contributed by atoms with Crippen molar-refractivity contribution in [3.8, 4) is 0 Å². The lowest BCUT2D eigenvalue weighted by molar-refractivity contribution is 0.108. The van der Waals surface area contributed by atoms with Crippen LogP contribution in [0.4, 0.5) is 0 Å². The molecule has 1 aliphatic heterocycles. The fourth-order valence-electron chi connectivity index (χ4n) is 2.40. The Morgan fingerprint density at radius 3 is 2.74 bits per heavy atom. The molecule has 2 rings (SSSR count). The number of rotatable bonds is 4. The molecule has 0 N–H and O–H groups in total. The lowest BCUT2D eigenvalue weighted by Crippen LogP contribution is -2.38. The third kappa shape index (κ3) is 5.17. The predicted octanol–water partition coefficient (Wildman–Crippen LogP) is 3.86. The number of nitrogens with zero attached hydrogens (tertiary/aromatic N) is 1. The maximum absolute atomic E-state index is 11.9. The average molecular weight is 300 g/mol. The molecule has 1 aliphatic rings. The van der Waals surface area contributed by atoms with Crippen molar-refractivity contribution >= 4 is 29.3 Å². The smallest absolute Gasteiger partial charge is 0.219 e. The van der Waals surface area contributed by atoms with Crippen molar-refractivity contribution in [1.29, 1.82) is 0 Å². The van der Waals surface area contributed by atoms with E-state index in [0.717, 1.165) is 17.9 Å². The fourth-order valence-corrected chi connectivity index (χ4v) is 3.22. The van der Waals surface area contributed by atoms with E-state index in [2.05, 4.69) is 11.8 Å². The average Bonchev–Trinajstić information content (AvgIpc) is 2.42. The third-order valence-corrected chi connectivity index (χ3v) is 4.45. The largest absolute Gasteiger partial charge is 0.300 e. The summed E-state index contributed by atoms with van der Waals surface area (Å²) < 4.78 is 0. The second-order valence-corrected chi connectivity index (χ2v) is 5.95. The first-order chi connectivity index (χ1) is 8.77. The zero-order chi connectivity index (χ0) is 12.8. The van der Waals surface area contributed by atoms with E-state index in [4.69, 9.17) is 0 Å². The van der Waals surface area contributed by atoms with Gasteiger partial charge in [-0.15, -0.1) is 12.4 Å². The molecule has 1 atom stereocenters. The summed E-state index contributed by atoms with van der Waals surface area (Å²) in [4.78, 5) is 14.4.